The van der Waals surface area contributed by atoms with Crippen LogP contribution in [0.3, 0.4) is 0 Å². The molecule has 1 aromatic carbocycles. The van der Waals surface area contributed by atoms with E-state index in [-0.39, 0.29) is 12.0 Å². The van der Waals surface area contributed by atoms with Gasteiger partial charge in [0.1, 0.15) is 0 Å². The van der Waals surface area contributed by atoms with Crippen molar-refractivity contribution in [1.29, 1.82) is 0 Å². The molecule has 1 fully saturated rings. The quantitative estimate of drug-likeness (QED) is 0.687. The first-order valence-electron chi connectivity index (χ1n) is 8.94. The van der Waals surface area contributed by atoms with Gasteiger partial charge >= 0.3 is 0 Å². The van der Waals surface area contributed by atoms with Gasteiger partial charge in [-0.1, -0.05) is 43.2 Å². The summed E-state index contributed by atoms with van der Waals surface area (Å²) >= 11 is 0. The van der Waals surface area contributed by atoms with Gasteiger partial charge in [0.25, 0.3) is 0 Å². The molecule has 0 bridgehead atoms. The maximum absolute atomic E-state index is 12.0. The Balaban J connectivity index is 1.73. The van der Waals surface area contributed by atoms with Crippen molar-refractivity contribution in [3.8, 4) is 0 Å². The lowest BCUT2D eigenvalue weighted by Crippen LogP contribution is -2.35. The zero-order valence-electron chi connectivity index (χ0n) is 14.0. The first-order chi connectivity index (χ1) is 11.3. The molecule has 4 heteroatoms. The highest BCUT2D eigenvalue weighted by Gasteiger charge is 2.27. The molecule has 4 nitrogen and oxygen atoms in total. The fourth-order valence-electron chi connectivity index (χ4n) is 3.18. The van der Waals surface area contributed by atoms with Crippen LogP contribution < -0.4 is 11.1 Å². The molecule has 0 radical (unpaired) electrons. The second-order valence-electron chi connectivity index (χ2n) is 6.36. The van der Waals surface area contributed by atoms with Crippen LogP contribution in [0.2, 0.25) is 0 Å². The Bertz CT molecular complexity index is 450. The SMILES string of the molecule is NCCCCCCC(=O)NCC1CCCOC1c1ccccc1. The van der Waals surface area contributed by atoms with E-state index < -0.39 is 0 Å². The van der Waals surface area contributed by atoms with Crippen molar-refractivity contribution in [1.82, 2.24) is 5.32 Å². The fraction of sp³-hybridized carbons (Fsp3) is 0.632. The summed E-state index contributed by atoms with van der Waals surface area (Å²) in [5.41, 5.74) is 6.69. The largest absolute Gasteiger partial charge is 0.373 e. The predicted molar refractivity (Wildman–Crippen MR) is 93.0 cm³/mol. The molecule has 128 valence electrons. The normalized spacial score (nSPS) is 21.1. The predicted octanol–water partition coefficient (Wildman–Crippen LogP) is 3.18. The third-order valence-corrected chi connectivity index (χ3v) is 4.49. The number of carbonyl (C=O) groups excluding carboxylic acids is 1. The van der Waals surface area contributed by atoms with Crippen LogP contribution in [0.5, 0.6) is 0 Å². The van der Waals surface area contributed by atoms with Gasteiger partial charge in [-0.3, -0.25) is 4.79 Å². The first kappa shape index (κ1) is 18.0. The molecule has 1 aliphatic heterocycles. The van der Waals surface area contributed by atoms with Gasteiger partial charge in [-0.05, 0) is 37.8 Å². The van der Waals surface area contributed by atoms with Crippen molar-refractivity contribution in [2.45, 2.75) is 51.0 Å². The molecular weight excluding hydrogens is 288 g/mol. The summed E-state index contributed by atoms with van der Waals surface area (Å²) in [6.45, 7) is 2.26. The van der Waals surface area contributed by atoms with Gasteiger partial charge in [0.05, 0.1) is 6.10 Å². The second kappa shape index (κ2) is 10.4. The van der Waals surface area contributed by atoms with Crippen molar-refractivity contribution in [3.05, 3.63) is 35.9 Å². The highest BCUT2D eigenvalue weighted by Crippen LogP contribution is 2.33. The fourth-order valence-corrected chi connectivity index (χ4v) is 3.18. The number of hydrogen-bond acceptors (Lipinski definition) is 3. The van der Waals surface area contributed by atoms with Gasteiger partial charge in [0.15, 0.2) is 0 Å². The standard InChI is InChI=1S/C19H30N2O2/c20-13-7-2-1-6-12-18(22)21-15-17-11-8-14-23-19(17)16-9-4-3-5-10-16/h3-5,9-10,17,19H,1-2,6-8,11-15,20H2,(H,21,22). The van der Waals surface area contributed by atoms with Gasteiger partial charge in [0.2, 0.25) is 5.91 Å². The Kier molecular flexibility index (Phi) is 8.12. The highest BCUT2D eigenvalue weighted by molar-refractivity contribution is 5.75. The van der Waals surface area contributed by atoms with Crippen molar-refractivity contribution in [2.75, 3.05) is 19.7 Å². The van der Waals surface area contributed by atoms with Crippen LogP contribution in [-0.4, -0.2) is 25.6 Å². The topological polar surface area (TPSA) is 64.4 Å². The Morgan fingerprint density at radius 3 is 2.74 bits per heavy atom. The van der Waals surface area contributed by atoms with Gasteiger partial charge in [-0.15, -0.1) is 0 Å². The Morgan fingerprint density at radius 1 is 1.17 bits per heavy atom. The van der Waals surface area contributed by atoms with Crippen molar-refractivity contribution >= 4 is 5.91 Å². The monoisotopic (exact) mass is 318 g/mol. The van der Waals surface area contributed by atoms with E-state index in [4.69, 9.17) is 10.5 Å². The summed E-state index contributed by atoms with van der Waals surface area (Å²) in [4.78, 5) is 12.0. The highest BCUT2D eigenvalue weighted by atomic mass is 16.5. The summed E-state index contributed by atoms with van der Waals surface area (Å²) in [6, 6.07) is 10.3. The smallest absolute Gasteiger partial charge is 0.220 e. The molecule has 1 aliphatic rings. The third-order valence-electron chi connectivity index (χ3n) is 4.49. The van der Waals surface area contributed by atoms with Gasteiger partial charge in [-0.25, -0.2) is 0 Å². The summed E-state index contributed by atoms with van der Waals surface area (Å²) in [7, 11) is 0. The van der Waals surface area contributed by atoms with E-state index in [9.17, 15) is 4.79 Å². The van der Waals surface area contributed by atoms with Crippen LogP contribution >= 0.6 is 0 Å². The Morgan fingerprint density at radius 2 is 1.96 bits per heavy atom. The van der Waals surface area contributed by atoms with Crippen molar-refractivity contribution < 1.29 is 9.53 Å². The number of ether oxygens (including phenoxy) is 1. The molecule has 0 aromatic heterocycles. The van der Waals surface area contributed by atoms with Crippen LogP contribution in [-0.2, 0) is 9.53 Å². The molecule has 0 saturated carbocycles. The summed E-state index contributed by atoms with van der Waals surface area (Å²) in [5, 5.41) is 3.10. The third kappa shape index (κ3) is 6.32. The molecule has 1 aromatic rings. The van der Waals surface area contributed by atoms with Crippen LogP contribution in [0.25, 0.3) is 0 Å². The van der Waals surface area contributed by atoms with Crippen LogP contribution in [0.1, 0.15) is 56.6 Å². The second-order valence-corrected chi connectivity index (χ2v) is 6.36. The maximum Gasteiger partial charge on any atom is 0.220 e. The van der Waals surface area contributed by atoms with Crippen LogP contribution in [0, 0.1) is 5.92 Å². The van der Waals surface area contributed by atoms with E-state index in [0.29, 0.717) is 18.9 Å². The number of carbonyl (C=O) groups is 1. The van der Waals surface area contributed by atoms with E-state index in [1.54, 1.807) is 0 Å². The number of amides is 1. The van der Waals surface area contributed by atoms with Crippen molar-refractivity contribution in [3.63, 3.8) is 0 Å². The molecule has 23 heavy (non-hydrogen) atoms. The maximum atomic E-state index is 12.0. The number of hydrogen-bond donors (Lipinski definition) is 2. The molecular formula is C19H30N2O2. The number of rotatable bonds is 9. The summed E-state index contributed by atoms with van der Waals surface area (Å²) < 4.78 is 5.97. The average molecular weight is 318 g/mol. The average Bonchev–Trinajstić information content (AvgIpc) is 2.61. The minimum atomic E-state index is 0.106. The van der Waals surface area contributed by atoms with E-state index in [0.717, 1.165) is 51.7 Å². The van der Waals surface area contributed by atoms with Crippen LogP contribution in [0.15, 0.2) is 30.3 Å². The minimum absolute atomic E-state index is 0.106. The lowest BCUT2D eigenvalue weighted by molar-refractivity contribution is -0.122. The molecule has 1 amide bonds. The Hall–Kier alpha value is -1.39. The minimum Gasteiger partial charge on any atom is -0.373 e. The summed E-state index contributed by atoms with van der Waals surface area (Å²) in [6.07, 6.45) is 7.12. The van der Waals surface area contributed by atoms with E-state index in [2.05, 4.69) is 17.4 Å². The number of nitrogens with one attached hydrogen (secondary N) is 1. The van der Waals surface area contributed by atoms with E-state index in [1.807, 2.05) is 18.2 Å². The molecule has 0 aliphatic carbocycles. The van der Waals surface area contributed by atoms with Gasteiger partial charge in [0, 0.05) is 25.5 Å². The molecule has 1 heterocycles. The summed E-state index contributed by atoms with van der Waals surface area (Å²) in [5.74, 6) is 0.530. The molecule has 1 saturated heterocycles. The van der Waals surface area contributed by atoms with Gasteiger partial charge < -0.3 is 15.8 Å². The molecule has 0 spiro atoms. The molecule has 2 rings (SSSR count). The zero-order chi connectivity index (χ0) is 16.3. The van der Waals surface area contributed by atoms with E-state index in [1.165, 1.54) is 5.56 Å². The van der Waals surface area contributed by atoms with E-state index >= 15 is 0 Å². The van der Waals surface area contributed by atoms with Gasteiger partial charge in [-0.2, -0.15) is 0 Å². The number of unbranched alkanes of at least 4 members (excludes halogenated alkanes) is 3. The lowest BCUT2D eigenvalue weighted by Gasteiger charge is -2.32. The van der Waals surface area contributed by atoms with Crippen molar-refractivity contribution in [2.24, 2.45) is 11.7 Å². The first-order valence-corrected chi connectivity index (χ1v) is 8.94. The number of nitrogens with two attached hydrogens (primary N) is 1. The number of benzene rings is 1. The zero-order valence-corrected chi connectivity index (χ0v) is 14.0. The Labute approximate surface area is 139 Å². The molecule has 2 unspecified atom stereocenters. The lowest BCUT2D eigenvalue weighted by atomic mass is 9.89. The molecule has 2 atom stereocenters. The van der Waals surface area contributed by atoms with Crippen LogP contribution in [0.4, 0.5) is 0 Å². The molecule has 3 N–H and O–H groups in total.